The van der Waals surface area contributed by atoms with E-state index in [9.17, 15) is 0 Å². The predicted octanol–water partition coefficient (Wildman–Crippen LogP) is 3.32. The Morgan fingerprint density at radius 1 is 1.40 bits per heavy atom. The van der Waals surface area contributed by atoms with Crippen molar-refractivity contribution in [1.29, 1.82) is 0 Å². The van der Waals surface area contributed by atoms with Gasteiger partial charge in [0, 0.05) is 29.4 Å². The molecule has 4 heteroatoms. The Bertz CT molecular complexity index is 433. The van der Waals surface area contributed by atoms with Crippen LogP contribution in [0.4, 0.5) is 0 Å². The topological polar surface area (TPSA) is 42.2 Å². The molecule has 0 aromatic carbocycles. The molecular formula is C16H29N3S. The fourth-order valence-corrected chi connectivity index (χ4v) is 4.14. The Morgan fingerprint density at radius 3 is 2.70 bits per heavy atom. The summed E-state index contributed by atoms with van der Waals surface area (Å²) < 4.78 is 0. The number of nitrogens with two attached hydrogens (primary N) is 1. The maximum atomic E-state index is 6.27. The van der Waals surface area contributed by atoms with Crippen LogP contribution in [0.2, 0.25) is 0 Å². The van der Waals surface area contributed by atoms with Gasteiger partial charge in [0.25, 0.3) is 0 Å². The van der Waals surface area contributed by atoms with E-state index in [0.29, 0.717) is 0 Å². The summed E-state index contributed by atoms with van der Waals surface area (Å²) >= 11 is 1.82. The zero-order chi connectivity index (χ0) is 14.8. The molecule has 1 aromatic rings. The summed E-state index contributed by atoms with van der Waals surface area (Å²) in [4.78, 5) is 8.70. The Morgan fingerprint density at radius 2 is 2.15 bits per heavy atom. The molecule has 1 unspecified atom stereocenters. The van der Waals surface area contributed by atoms with E-state index in [0.717, 1.165) is 25.4 Å². The monoisotopic (exact) mass is 295 g/mol. The molecule has 0 saturated carbocycles. The van der Waals surface area contributed by atoms with E-state index in [2.05, 4.69) is 32.6 Å². The number of thiazole rings is 1. The molecule has 1 saturated heterocycles. The van der Waals surface area contributed by atoms with E-state index >= 15 is 0 Å². The first-order valence-electron chi connectivity index (χ1n) is 7.93. The average molecular weight is 295 g/mol. The van der Waals surface area contributed by atoms with Crippen LogP contribution in [0.25, 0.3) is 0 Å². The molecule has 2 N–H and O–H groups in total. The first-order chi connectivity index (χ1) is 9.41. The Balaban J connectivity index is 2.01. The van der Waals surface area contributed by atoms with Crippen molar-refractivity contribution >= 4 is 11.3 Å². The Kier molecular flexibility index (Phi) is 5.21. The van der Waals surface area contributed by atoms with Crippen LogP contribution in [0.5, 0.6) is 0 Å². The van der Waals surface area contributed by atoms with Crippen LogP contribution < -0.4 is 5.73 Å². The first kappa shape index (κ1) is 15.9. The molecule has 0 bridgehead atoms. The number of nitrogens with zero attached hydrogens (tertiary/aromatic N) is 2. The lowest BCUT2D eigenvalue weighted by molar-refractivity contribution is 0.163. The van der Waals surface area contributed by atoms with Gasteiger partial charge < -0.3 is 10.6 Å². The molecule has 0 aliphatic carbocycles. The number of piperidine rings is 1. The van der Waals surface area contributed by atoms with Gasteiger partial charge in [-0.25, -0.2) is 4.98 Å². The second kappa shape index (κ2) is 6.54. The Labute approximate surface area is 127 Å². The van der Waals surface area contributed by atoms with Gasteiger partial charge in [-0.1, -0.05) is 13.3 Å². The van der Waals surface area contributed by atoms with Crippen LogP contribution in [0.3, 0.4) is 0 Å². The van der Waals surface area contributed by atoms with Gasteiger partial charge in [0.15, 0.2) is 0 Å². The van der Waals surface area contributed by atoms with Crippen molar-refractivity contribution in [1.82, 2.24) is 9.88 Å². The van der Waals surface area contributed by atoms with E-state index in [-0.39, 0.29) is 5.54 Å². The van der Waals surface area contributed by atoms with Crippen LogP contribution in [0.15, 0.2) is 0 Å². The summed E-state index contributed by atoms with van der Waals surface area (Å²) in [6.45, 7) is 11.1. The second-order valence-electron chi connectivity index (χ2n) is 6.59. The summed E-state index contributed by atoms with van der Waals surface area (Å²) in [6.07, 6.45) is 6.13. The van der Waals surface area contributed by atoms with Gasteiger partial charge in [-0.2, -0.15) is 0 Å². The molecule has 20 heavy (non-hydrogen) atoms. The molecule has 1 fully saturated rings. The van der Waals surface area contributed by atoms with Crippen molar-refractivity contribution in [2.75, 3.05) is 13.1 Å². The maximum absolute atomic E-state index is 6.27. The van der Waals surface area contributed by atoms with Crippen molar-refractivity contribution in [3.63, 3.8) is 0 Å². The molecule has 0 amide bonds. The van der Waals surface area contributed by atoms with Crippen molar-refractivity contribution in [3.8, 4) is 0 Å². The minimum absolute atomic E-state index is 0.264. The van der Waals surface area contributed by atoms with Gasteiger partial charge in [-0.3, -0.25) is 0 Å². The zero-order valence-corrected chi connectivity index (χ0v) is 14.2. The third kappa shape index (κ3) is 3.80. The fraction of sp³-hybridized carbons (Fsp3) is 0.812. The minimum atomic E-state index is -0.264. The van der Waals surface area contributed by atoms with Gasteiger partial charge in [-0.15, -0.1) is 11.3 Å². The number of hydrogen-bond acceptors (Lipinski definition) is 4. The lowest BCUT2D eigenvalue weighted by Crippen LogP contribution is -2.38. The highest BCUT2D eigenvalue weighted by atomic mass is 32.1. The largest absolute Gasteiger partial charge is 0.321 e. The summed E-state index contributed by atoms with van der Waals surface area (Å²) in [5, 5.41) is 1.26. The molecule has 2 heterocycles. The summed E-state index contributed by atoms with van der Waals surface area (Å²) in [5.74, 6) is 0. The minimum Gasteiger partial charge on any atom is -0.321 e. The molecule has 0 radical (unpaired) electrons. The van der Waals surface area contributed by atoms with Crippen molar-refractivity contribution in [3.05, 3.63) is 15.6 Å². The van der Waals surface area contributed by atoms with Crippen LogP contribution in [0.1, 0.15) is 62.5 Å². The van der Waals surface area contributed by atoms with E-state index in [1.54, 1.807) is 0 Å². The zero-order valence-electron chi connectivity index (χ0n) is 13.4. The smallest absolute Gasteiger partial charge is 0.0944 e. The van der Waals surface area contributed by atoms with Gasteiger partial charge >= 0.3 is 0 Å². The third-order valence-corrected chi connectivity index (χ3v) is 5.71. The molecule has 1 aliphatic rings. The molecule has 1 atom stereocenters. The van der Waals surface area contributed by atoms with Crippen molar-refractivity contribution in [2.45, 2.75) is 71.4 Å². The average Bonchev–Trinajstić information content (AvgIpc) is 2.81. The highest BCUT2D eigenvalue weighted by Crippen LogP contribution is 2.29. The lowest BCUT2D eigenvalue weighted by Gasteiger charge is -2.33. The number of rotatable bonds is 5. The Hall–Kier alpha value is -0.450. The molecule has 0 spiro atoms. The third-order valence-electron chi connectivity index (χ3n) is 4.22. The molecule has 1 aromatic heterocycles. The molecule has 2 rings (SSSR count). The molecule has 1 aliphatic heterocycles. The highest BCUT2D eigenvalue weighted by molar-refractivity contribution is 7.11. The standard InChI is InChI=1S/C16H29N3S/c1-5-13-15(16(3,4)17)20-14(18-13)9-11-19-10-7-6-8-12(19)2/h12H,5-11,17H2,1-4H3. The van der Waals surface area contributed by atoms with Gasteiger partial charge in [-0.05, 0) is 46.6 Å². The first-order valence-corrected chi connectivity index (χ1v) is 8.75. The fourth-order valence-electron chi connectivity index (χ4n) is 2.98. The summed E-state index contributed by atoms with van der Waals surface area (Å²) in [7, 11) is 0. The molecular weight excluding hydrogens is 266 g/mol. The number of hydrogen-bond donors (Lipinski definition) is 1. The van der Waals surface area contributed by atoms with E-state index in [1.165, 1.54) is 41.4 Å². The quantitative estimate of drug-likeness (QED) is 0.906. The number of aryl methyl sites for hydroxylation is 1. The number of likely N-dealkylation sites (tertiary alicyclic amines) is 1. The van der Waals surface area contributed by atoms with Crippen molar-refractivity contribution in [2.24, 2.45) is 5.73 Å². The normalized spacial score (nSPS) is 21.4. The van der Waals surface area contributed by atoms with E-state index in [1.807, 2.05) is 11.3 Å². The predicted molar refractivity (Wildman–Crippen MR) is 87.3 cm³/mol. The second-order valence-corrected chi connectivity index (χ2v) is 7.67. The number of aromatic nitrogens is 1. The van der Waals surface area contributed by atoms with E-state index in [4.69, 9.17) is 10.7 Å². The lowest BCUT2D eigenvalue weighted by atomic mass is 10.0. The van der Waals surface area contributed by atoms with Crippen LogP contribution >= 0.6 is 11.3 Å². The van der Waals surface area contributed by atoms with Gasteiger partial charge in [0.05, 0.1) is 10.7 Å². The summed E-state index contributed by atoms with van der Waals surface area (Å²) in [5.41, 5.74) is 7.20. The van der Waals surface area contributed by atoms with Crippen LogP contribution in [-0.4, -0.2) is 29.0 Å². The molecule has 3 nitrogen and oxygen atoms in total. The van der Waals surface area contributed by atoms with E-state index < -0.39 is 0 Å². The van der Waals surface area contributed by atoms with Crippen molar-refractivity contribution < 1.29 is 0 Å². The van der Waals surface area contributed by atoms with Crippen LogP contribution in [0, 0.1) is 0 Å². The maximum Gasteiger partial charge on any atom is 0.0944 e. The van der Waals surface area contributed by atoms with Gasteiger partial charge in [0.1, 0.15) is 0 Å². The van der Waals surface area contributed by atoms with Gasteiger partial charge in [0.2, 0.25) is 0 Å². The SMILES string of the molecule is CCc1nc(CCN2CCCCC2C)sc1C(C)(C)N. The highest BCUT2D eigenvalue weighted by Gasteiger charge is 2.23. The van der Waals surface area contributed by atoms with Crippen LogP contribution in [-0.2, 0) is 18.4 Å². The molecule has 114 valence electrons. The summed E-state index contributed by atoms with van der Waals surface area (Å²) in [6, 6.07) is 0.736.